The molecular formula is C25H21FO2. The fraction of sp³-hybridized carbons (Fsp3) is 0.120. The number of hydrogen-bond acceptors (Lipinski definition) is 2. The number of para-hydroxylation sites is 1. The summed E-state index contributed by atoms with van der Waals surface area (Å²) in [5.74, 6) is 0.279. The molecule has 4 aromatic rings. The van der Waals surface area contributed by atoms with Crippen LogP contribution in [0.2, 0.25) is 0 Å². The molecular weight excluding hydrogens is 351 g/mol. The summed E-state index contributed by atoms with van der Waals surface area (Å²) in [6.07, 6.45) is 1.81. The molecule has 1 N–H and O–H groups in total. The number of hydrogen-bond donors (Lipinski definition) is 1. The third-order valence-electron chi connectivity index (χ3n) is 4.79. The summed E-state index contributed by atoms with van der Waals surface area (Å²) in [7, 11) is 0. The van der Waals surface area contributed by atoms with E-state index in [0.717, 1.165) is 34.9 Å². The highest BCUT2D eigenvalue weighted by atomic mass is 19.1. The van der Waals surface area contributed by atoms with Gasteiger partial charge in [0.1, 0.15) is 11.5 Å². The first kappa shape index (κ1) is 18.1. The average molecular weight is 372 g/mol. The molecule has 0 aromatic heterocycles. The van der Waals surface area contributed by atoms with E-state index in [9.17, 15) is 9.50 Å². The van der Waals surface area contributed by atoms with E-state index in [0.29, 0.717) is 16.9 Å². The van der Waals surface area contributed by atoms with E-state index in [1.165, 1.54) is 12.1 Å². The summed E-state index contributed by atoms with van der Waals surface area (Å²) in [6, 6.07) is 24.4. The van der Waals surface area contributed by atoms with E-state index in [4.69, 9.17) is 4.74 Å². The number of benzene rings is 4. The minimum Gasteiger partial charge on any atom is -0.505 e. The van der Waals surface area contributed by atoms with Crippen LogP contribution in [0.4, 0.5) is 4.39 Å². The van der Waals surface area contributed by atoms with Crippen molar-refractivity contribution < 1.29 is 14.2 Å². The molecule has 2 nitrogen and oxygen atoms in total. The van der Waals surface area contributed by atoms with Crippen molar-refractivity contribution in [3.8, 4) is 28.4 Å². The molecule has 0 atom stereocenters. The molecule has 0 saturated heterocycles. The molecule has 0 bridgehead atoms. The smallest absolute Gasteiger partial charge is 0.165 e. The second-order valence-corrected chi connectivity index (χ2v) is 6.80. The van der Waals surface area contributed by atoms with Gasteiger partial charge in [-0.15, -0.1) is 0 Å². The van der Waals surface area contributed by atoms with Crippen molar-refractivity contribution in [2.24, 2.45) is 0 Å². The van der Waals surface area contributed by atoms with E-state index >= 15 is 0 Å². The van der Waals surface area contributed by atoms with E-state index in [1.54, 1.807) is 0 Å². The fourth-order valence-electron chi connectivity index (χ4n) is 3.53. The highest BCUT2D eigenvalue weighted by molar-refractivity contribution is 5.98. The number of aryl methyl sites for hydroxylation is 1. The number of halogens is 1. The minimum absolute atomic E-state index is 0.354. The van der Waals surface area contributed by atoms with Crippen LogP contribution in [-0.4, -0.2) is 5.11 Å². The standard InChI is InChI=1S/C25H21FO2/c1-2-9-18-14-19-15-23(27)22(26)16-21(19)25(28-20-12-7-4-8-13-20)24(18)17-10-5-3-6-11-17/h3-8,10-16,27H,2,9H2,1H3. The molecule has 0 amide bonds. The monoisotopic (exact) mass is 372 g/mol. The van der Waals surface area contributed by atoms with Gasteiger partial charge >= 0.3 is 0 Å². The van der Waals surface area contributed by atoms with Gasteiger partial charge in [-0.25, -0.2) is 4.39 Å². The molecule has 4 aromatic carbocycles. The van der Waals surface area contributed by atoms with Crippen LogP contribution < -0.4 is 4.74 Å². The summed E-state index contributed by atoms with van der Waals surface area (Å²) in [5, 5.41) is 11.3. The Morgan fingerprint density at radius 2 is 1.57 bits per heavy atom. The molecule has 0 aliphatic carbocycles. The third kappa shape index (κ3) is 3.44. The summed E-state index contributed by atoms with van der Waals surface area (Å²) >= 11 is 0. The van der Waals surface area contributed by atoms with Crippen LogP contribution in [-0.2, 0) is 6.42 Å². The number of fused-ring (bicyclic) bond motifs is 1. The molecule has 3 heteroatoms. The molecule has 28 heavy (non-hydrogen) atoms. The average Bonchev–Trinajstić information content (AvgIpc) is 2.71. The predicted octanol–water partition coefficient (Wildman–Crippen LogP) is 7.10. The second-order valence-electron chi connectivity index (χ2n) is 6.80. The van der Waals surface area contributed by atoms with Crippen LogP contribution in [0.1, 0.15) is 18.9 Å². The molecule has 0 aliphatic heterocycles. The van der Waals surface area contributed by atoms with Crippen LogP contribution in [0.3, 0.4) is 0 Å². The van der Waals surface area contributed by atoms with Crippen molar-refractivity contribution >= 4 is 10.8 Å². The third-order valence-corrected chi connectivity index (χ3v) is 4.79. The zero-order valence-corrected chi connectivity index (χ0v) is 15.7. The maximum absolute atomic E-state index is 14.2. The van der Waals surface area contributed by atoms with E-state index < -0.39 is 5.82 Å². The first-order valence-corrected chi connectivity index (χ1v) is 9.43. The predicted molar refractivity (Wildman–Crippen MR) is 112 cm³/mol. The highest BCUT2D eigenvalue weighted by Crippen LogP contribution is 2.44. The fourth-order valence-corrected chi connectivity index (χ4v) is 3.53. The van der Waals surface area contributed by atoms with Gasteiger partial charge in [-0.05, 0) is 47.2 Å². The maximum Gasteiger partial charge on any atom is 0.165 e. The Hall–Kier alpha value is -3.33. The maximum atomic E-state index is 14.2. The van der Waals surface area contributed by atoms with E-state index in [2.05, 4.69) is 6.92 Å². The topological polar surface area (TPSA) is 29.5 Å². The van der Waals surface area contributed by atoms with Gasteiger partial charge in [0.2, 0.25) is 0 Å². The van der Waals surface area contributed by atoms with Crippen LogP contribution in [0.25, 0.3) is 21.9 Å². The molecule has 0 saturated carbocycles. The lowest BCUT2D eigenvalue weighted by atomic mass is 9.91. The van der Waals surface area contributed by atoms with Crippen LogP contribution >= 0.6 is 0 Å². The van der Waals surface area contributed by atoms with Gasteiger partial charge in [0.05, 0.1) is 0 Å². The second kappa shape index (κ2) is 7.73. The molecule has 0 fully saturated rings. The zero-order chi connectivity index (χ0) is 19.5. The molecule has 0 spiro atoms. The summed E-state index contributed by atoms with van der Waals surface area (Å²) in [5.41, 5.74) is 3.09. The van der Waals surface area contributed by atoms with Gasteiger partial charge in [0, 0.05) is 10.9 Å². The largest absolute Gasteiger partial charge is 0.505 e. The van der Waals surface area contributed by atoms with Crippen molar-refractivity contribution in [2.75, 3.05) is 0 Å². The van der Waals surface area contributed by atoms with Crippen molar-refractivity contribution in [2.45, 2.75) is 19.8 Å². The molecule has 0 radical (unpaired) electrons. The molecule has 0 aliphatic rings. The Labute approximate surface area is 163 Å². The van der Waals surface area contributed by atoms with Gasteiger partial charge in [0.25, 0.3) is 0 Å². The molecule has 0 unspecified atom stereocenters. The van der Waals surface area contributed by atoms with Gasteiger partial charge in [0.15, 0.2) is 11.6 Å². The van der Waals surface area contributed by atoms with E-state index in [1.807, 2.05) is 66.7 Å². The van der Waals surface area contributed by atoms with Crippen molar-refractivity contribution in [3.05, 3.63) is 90.2 Å². The SMILES string of the molecule is CCCc1cc2cc(O)c(F)cc2c(Oc2ccccc2)c1-c1ccccc1. The number of aromatic hydroxyl groups is 1. The first-order valence-electron chi connectivity index (χ1n) is 9.43. The van der Waals surface area contributed by atoms with Crippen molar-refractivity contribution in [3.63, 3.8) is 0 Å². The van der Waals surface area contributed by atoms with Crippen LogP contribution in [0, 0.1) is 5.82 Å². The Kier molecular flexibility index (Phi) is 4.98. The number of phenolic OH excluding ortho intramolecular Hbond substituents is 1. The number of ether oxygens (including phenoxy) is 1. The van der Waals surface area contributed by atoms with Gasteiger partial charge in [-0.3, -0.25) is 0 Å². The Morgan fingerprint density at radius 3 is 2.25 bits per heavy atom. The Morgan fingerprint density at radius 1 is 0.893 bits per heavy atom. The highest BCUT2D eigenvalue weighted by Gasteiger charge is 2.19. The van der Waals surface area contributed by atoms with Gasteiger partial charge < -0.3 is 9.84 Å². The number of rotatable bonds is 5. The van der Waals surface area contributed by atoms with Crippen molar-refractivity contribution in [1.29, 1.82) is 0 Å². The van der Waals surface area contributed by atoms with E-state index in [-0.39, 0.29) is 5.75 Å². The van der Waals surface area contributed by atoms with Gasteiger partial charge in [-0.2, -0.15) is 0 Å². The molecule has 0 heterocycles. The molecule has 4 rings (SSSR count). The van der Waals surface area contributed by atoms with Crippen LogP contribution in [0.15, 0.2) is 78.9 Å². The van der Waals surface area contributed by atoms with Crippen LogP contribution in [0.5, 0.6) is 17.2 Å². The lowest BCUT2D eigenvalue weighted by molar-refractivity contribution is 0.433. The number of phenols is 1. The summed E-state index contributed by atoms with van der Waals surface area (Å²) in [6.45, 7) is 2.12. The lowest BCUT2D eigenvalue weighted by Gasteiger charge is -2.19. The first-order chi connectivity index (χ1) is 13.7. The summed E-state index contributed by atoms with van der Waals surface area (Å²) < 4.78 is 20.6. The zero-order valence-electron chi connectivity index (χ0n) is 15.7. The Balaban J connectivity index is 2.06. The molecule has 140 valence electrons. The van der Waals surface area contributed by atoms with Crippen molar-refractivity contribution in [1.82, 2.24) is 0 Å². The Bertz CT molecular complexity index is 1110. The lowest BCUT2D eigenvalue weighted by Crippen LogP contribution is -1.97. The minimum atomic E-state index is -0.660. The quantitative estimate of drug-likeness (QED) is 0.405. The normalized spacial score (nSPS) is 10.9. The summed E-state index contributed by atoms with van der Waals surface area (Å²) in [4.78, 5) is 0. The van der Waals surface area contributed by atoms with Gasteiger partial charge in [-0.1, -0.05) is 67.9 Å².